The van der Waals surface area contributed by atoms with Crippen LogP contribution in [0.3, 0.4) is 0 Å². The quantitative estimate of drug-likeness (QED) is 0.0197. The molecule has 14 heterocycles. The summed E-state index contributed by atoms with van der Waals surface area (Å²) in [6.07, 6.45) is 8.37. The van der Waals surface area contributed by atoms with E-state index in [9.17, 15) is 46.0 Å². The standard InChI is InChI=1S/5C21H24N2O5.3CH4/c4*1-23(2)17-15-9-14-8-13(10-24)21(15,27-14)19(25)16-18(17)28-22-20(16)26-11-12-6-4-3-5-7-12;1-5-15(23(2)3)19-17(18(24)20-16(25-4)11-12-26-20)21(22-28-19)27-13-14-9-7-6-8-10-14;;;/h4*3-8,14-15,17,19,24-25H,9-11H2,1-2H3;5-12,15,18,24H,1,13H2,2-4H3;3*1H4/t14-,15+,17+,19+,21+;14-,15+,17+,19-,21+;14-,15-,17-,19+,21+;14-,15-,17-,19-,21+;15-,18?;;;/m11000.../s1. The highest BCUT2D eigenvalue weighted by molar-refractivity contribution is 5.53. The molecule has 143 heavy (non-hydrogen) atoms. The van der Waals surface area contributed by atoms with Crippen molar-refractivity contribution in [2.75, 3.05) is 104 Å². The van der Waals surface area contributed by atoms with Crippen molar-refractivity contribution in [1.29, 1.82) is 0 Å². The van der Waals surface area contributed by atoms with Crippen LogP contribution >= 0.6 is 0 Å². The van der Waals surface area contributed by atoms with E-state index in [2.05, 4.69) is 52.0 Å². The van der Waals surface area contributed by atoms with Crippen molar-refractivity contribution in [3.63, 3.8) is 0 Å². The normalized spacial score (nSPS) is 28.4. The minimum atomic E-state index is -1.18. The number of hydrogen-bond donors (Lipinski definition) is 9. The summed E-state index contributed by atoms with van der Waals surface area (Å²) in [5, 5.41) is 117. The molecule has 9 N–H and O–H groups in total. The van der Waals surface area contributed by atoms with Gasteiger partial charge in [0, 0.05) is 29.7 Å². The lowest BCUT2D eigenvalue weighted by molar-refractivity contribution is -0.116. The smallest absolute Gasteiger partial charge is 0.261 e. The molecule has 0 amide bonds. The molecule has 8 aliphatic heterocycles. The topological polar surface area (TPSA) is 434 Å². The van der Waals surface area contributed by atoms with Gasteiger partial charge in [0.25, 0.3) is 29.4 Å². The van der Waals surface area contributed by atoms with Crippen LogP contribution in [0.2, 0.25) is 0 Å². The van der Waals surface area contributed by atoms with Crippen molar-refractivity contribution >= 4 is 0 Å². The molecule has 12 aliphatic rings. The molecular weight excluding hydrogens is 1840 g/mol. The minimum absolute atomic E-state index is 0. The highest BCUT2D eigenvalue weighted by atomic mass is 16.6. The van der Waals surface area contributed by atoms with Gasteiger partial charge in [-0.2, -0.15) is 0 Å². The van der Waals surface area contributed by atoms with Crippen molar-refractivity contribution in [3.8, 4) is 35.1 Å². The molecule has 4 aliphatic carbocycles. The highest BCUT2D eigenvalue weighted by Gasteiger charge is 2.71. The third-order valence-corrected chi connectivity index (χ3v) is 29.5. The Kier molecular flexibility index (Phi) is 31.2. The summed E-state index contributed by atoms with van der Waals surface area (Å²) in [6, 6.07) is 49.6. The first kappa shape index (κ1) is 104. The number of aliphatic hydroxyl groups is 9. The van der Waals surface area contributed by atoms with E-state index in [0.29, 0.717) is 88.8 Å². The van der Waals surface area contributed by atoms with Crippen LogP contribution in [-0.2, 0) is 52.0 Å². The summed E-state index contributed by atoms with van der Waals surface area (Å²) < 4.78 is 93.6. The SMILES string of the molecule is C.C.C.C=C[C@@H](c1onc(OCc2ccccc2)c1C(O)c1occc1OC)N(C)C.CN(C)[C@@H]1c2onc(OCc3ccccc3)c2[C@@H](O)[C@@]23O[C@@H](C=C2CO)C[C@@H]13.CN(C)[C@@H]1c2onc(OCc3ccccc3)c2[C@@H](O)[C@]23O[C@H](C=C2CO)C[C@@H]13.CN(C)[C@@H]1c2onc(OCc3ccccc3)c2[C@H](O)[C@@]23O[C@@H](C=C2CO)C[C@@H]13.CN(C)[C@@H]1c2onc(OCc3ccccc3)c2[C@H](O)[C@]23O[C@H](C=C2CO)C[C@@H]13. The molecule has 4 saturated heterocycles. The first-order valence-electron chi connectivity index (χ1n) is 47.1. The molecule has 764 valence electrons. The fourth-order valence-electron chi connectivity index (χ4n) is 23.5. The number of fused-ring (bicyclic) bond motifs is 8. The zero-order valence-corrected chi connectivity index (χ0v) is 79.8. The molecule has 11 aromatic rings. The van der Waals surface area contributed by atoms with Gasteiger partial charge in [-0.1, -0.05) is 204 Å². The van der Waals surface area contributed by atoms with Gasteiger partial charge in [0.05, 0.1) is 122 Å². The summed E-state index contributed by atoms with van der Waals surface area (Å²) >= 11 is 0. The van der Waals surface area contributed by atoms with E-state index in [1.54, 1.807) is 12.1 Å². The predicted octanol–water partition coefficient (Wildman–Crippen LogP) is 13.6. The number of nitrogens with zero attached hydrogens (tertiary/aromatic N) is 10. The molecule has 1 unspecified atom stereocenters. The van der Waals surface area contributed by atoms with Crippen molar-refractivity contribution in [2.45, 2.75) is 189 Å². The second kappa shape index (κ2) is 42.9. The monoisotopic (exact) mass is 1970 g/mol. The summed E-state index contributed by atoms with van der Waals surface area (Å²) in [5.41, 5.74) is 6.51. The van der Waals surface area contributed by atoms with Crippen LogP contribution in [0.4, 0.5) is 0 Å². The maximum absolute atomic E-state index is 11.4. The molecule has 35 nitrogen and oxygen atoms in total. The van der Waals surface area contributed by atoms with Crippen LogP contribution in [0.15, 0.2) is 250 Å². The molecule has 6 aromatic heterocycles. The Morgan fingerprint density at radius 3 is 0.853 bits per heavy atom. The third-order valence-electron chi connectivity index (χ3n) is 29.5. The Bertz CT molecular complexity index is 5680. The molecular formula is C108H132N10O25. The largest absolute Gasteiger partial charge is 0.493 e. The Morgan fingerprint density at radius 1 is 0.371 bits per heavy atom. The summed E-state index contributed by atoms with van der Waals surface area (Å²) in [7, 11) is 21.1. The predicted molar refractivity (Wildman–Crippen MR) is 522 cm³/mol. The van der Waals surface area contributed by atoms with Crippen molar-refractivity contribution in [2.24, 2.45) is 23.7 Å². The zero-order chi connectivity index (χ0) is 98.0. The average Bonchev–Trinajstić information content (AvgIpc) is 1.54. The number of aliphatic hydroxyl groups excluding tert-OH is 9. The van der Waals surface area contributed by atoms with E-state index < -0.39 is 52.9 Å². The first-order chi connectivity index (χ1) is 67.8. The zero-order valence-electron chi connectivity index (χ0n) is 79.8. The van der Waals surface area contributed by atoms with Crippen LogP contribution in [0.1, 0.15) is 199 Å². The lowest BCUT2D eigenvalue weighted by Gasteiger charge is -2.46. The second-order valence-electron chi connectivity index (χ2n) is 38.4. The van der Waals surface area contributed by atoms with Gasteiger partial charge in [0.2, 0.25) is 0 Å². The molecule has 4 spiro atoms. The van der Waals surface area contributed by atoms with Crippen LogP contribution < -0.4 is 28.4 Å². The molecule has 23 rings (SSSR count). The van der Waals surface area contributed by atoms with E-state index in [1.165, 1.54) is 13.4 Å². The maximum atomic E-state index is 11.4. The van der Waals surface area contributed by atoms with E-state index in [-0.39, 0.29) is 169 Å². The number of benzene rings is 5. The summed E-state index contributed by atoms with van der Waals surface area (Å²) in [6.45, 7) is 4.83. The van der Waals surface area contributed by atoms with Crippen LogP contribution in [0.5, 0.6) is 35.1 Å². The number of likely N-dealkylation sites (N-methyl/N-ethyl adjacent to an activating group) is 1. The number of ether oxygens (including phenoxy) is 10. The van der Waals surface area contributed by atoms with Gasteiger partial charge in [0.15, 0.2) is 40.3 Å². The van der Waals surface area contributed by atoms with E-state index >= 15 is 0 Å². The Morgan fingerprint density at radius 2 is 0.622 bits per heavy atom. The molecule has 4 fully saturated rings. The minimum Gasteiger partial charge on any atom is -0.493 e. The lowest BCUT2D eigenvalue weighted by atomic mass is 9.64. The van der Waals surface area contributed by atoms with E-state index in [4.69, 9.17) is 74.4 Å². The first-order valence-corrected chi connectivity index (χ1v) is 47.1. The third kappa shape index (κ3) is 18.1. The molecule has 22 atom stereocenters. The highest BCUT2D eigenvalue weighted by Crippen LogP contribution is 2.69. The maximum Gasteiger partial charge on any atom is 0.261 e. The van der Waals surface area contributed by atoms with Crippen molar-refractivity contribution < 1.29 is 120 Å². The van der Waals surface area contributed by atoms with Gasteiger partial charge in [-0.05, 0) is 172 Å². The molecule has 0 saturated carbocycles. The van der Waals surface area contributed by atoms with Crippen molar-refractivity contribution in [3.05, 3.63) is 313 Å². The summed E-state index contributed by atoms with van der Waals surface area (Å²) in [5.74, 6) is 4.75. The number of methoxy groups -OCH3 is 1. The fraction of sp³-hybridized carbons (Fsp3) is 0.454. The number of furan rings is 1. The number of aromatic nitrogens is 5. The molecule has 8 bridgehead atoms. The number of rotatable bonds is 29. The van der Waals surface area contributed by atoms with Crippen molar-refractivity contribution in [1.82, 2.24) is 50.3 Å². The molecule has 0 radical (unpaired) electrons. The van der Waals surface area contributed by atoms with Crippen LogP contribution in [0.25, 0.3) is 0 Å². The van der Waals surface area contributed by atoms with Gasteiger partial charge in [-0.15, -0.1) is 6.58 Å². The Hall–Kier alpha value is -11.8. The van der Waals surface area contributed by atoms with Crippen LogP contribution in [0, 0.1) is 23.7 Å². The average molecular weight is 1970 g/mol. The Balaban J connectivity index is 0.000000128. The van der Waals surface area contributed by atoms with E-state index in [0.717, 1.165) is 75.8 Å². The summed E-state index contributed by atoms with van der Waals surface area (Å²) in [4.78, 5) is 10.1. The van der Waals surface area contributed by atoms with Gasteiger partial charge in [-0.25, -0.2) is 0 Å². The van der Waals surface area contributed by atoms with Crippen LogP contribution in [-0.4, -0.2) is 247 Å². The lowest BCUT2D eigenvalue weighted by Crippen LogP contribution is -2.52. The Labute approximate surface area is 831 Å². The van der Waals surface area contributed by atoms with Gasteiger partial charge < -0.3 is 120 Å². The van der Waals surface area contributed by atoms with Gasteiger partial charge in [0.1, 0.15) is 86.0 Å². The fourth-order valence-corrected chi connectivity index (χ4v) is 23.5. The molecule has 5 aromatic carbocycles. The van der Waals surface area contributed by atoms with Gasteiger partial charge in [-0.3, -0.25) is 24.5 Å². The van der Waals surface area contributed by atoms with Gasteiger partial charge >= 0.3 is 0 Å². The number of hydrogen-bond acceptors (Lipinski definition) is 35. The van der Waals surface area contributed by atoms with E-state index in [1.807, 2.05) is 251 Å². The molecule has 35 heteroatoms. The second-order valence-corrected chi connectivity index (χ2v) is 38.4.